The lowest BCUT2D eigenvalue weighted by Crippen LogP contribution is -2.53. The van der Waals surface area contributed by atoms with Crippen molar-refractivity contribution >= 4 is 17.5 Å². The molecule has 0 unspecified atom stereocenters. The number of rotatable bonds is 15. The third kappa shape index (κ3) is 8.76. The molecule has 0 fully saturated rings. The van der Waals surface area contributed by atoms with E-state index >= 15 is 0 Å². The predicted molar refractivity (Wildman–Crippen MR) is 181 cm³/mol. The number of azide groups is 2. The molecule has 0 bridgehead atoms. The number of benzene rings is 4. The highest BCUT2D eigenvalue weighted by Crippen LogP contribution is 2.45. The van der Waals surface area contributed by atoms with Gasteiger partial charge in [-0.25, -0.2) is 10.4 Å². The van der Waals surface area contributed by atoms with Gasteiger partial charge >= 0.3 is 6.18 Å². The lowest BCUT2D eigenvalue weighted by atomic mass is 9.80. The SMILES string of the molecule is [N-]=[N+]=NCc1ccccc1C[C@]1(C(=O)NNCc2cccc(C(F)(F)F)c2)N=C(c2ccc(OCCCO)cc2)O[C@H]1c1ccccc1N=[N+]=[N-]. The molecule has 4 aromatic carbocycles. The molecule has 13 nitrogen and oxygen atoms in total. The maximum absolute atomic E-state index is 14.6. The number of halogens is 3. The molecule has 0 aromatic heterocycles. The first-order valence-corrected chi connectivity index (χ1v) is 15.7. The van der Waals surface area contributed by atoms with Crippen molar-refractivity contribution in [1.82, 2.24) is 10.9 Å². The van der Waals surface area contributed by atoms with Crippen molar-refractivity contribution in [3.63, 3.8) is 0 Å². The Balaban J connectivity index is 1.59. The highest BCUT2D eigenvalue weighted by Gasteiger charge is 2.54. The first-order chi connectivity index (χ1) is 24.7. The van der Waals surface area contributed by atoms with Crippen LogP contribution in [0.4, 0.5) is 18.9 Å². The number of nitrogens with one attached hydrogen (secondary N) is 2. The molecule has 51 heavy (non-hydrogen) atoms. The zero-order valence-electron chi connectivity index (χ0n) is 27.0. The molecule has 1 heterocycles. The largest absolute Gasteiger partial charge is 0.494 e. The maximum atomic E-state index is 14.6. The molecular weight excluding hydrogens is 667 g/mol. The molecular formula is C35H32F3N9O4. The fourth-order valence-corrected chi connectivity index (χ4v) is 5.58. The number of ether oxygens (including phenoxy) is 2. The third-order valence-corrected chi connectivity index (χ3v) is 8.03. The van der Waals surface area contributed by atoms with E-state index in [1.54, 1.807) is 72.8 Å². The third-order valence-electron chi connectivity index (χ3n) is 8.03. The van der Waals surface area contributed by atoms with Gasteiger partial charge in [-0.2, -0.15) is 13.2 Å². The smallest absolute Gasteiger partial charge is 0.416 e. The number of amides is 1. The topological polar surface area (TPSA) is 190 Å². The fraction of sp³-hybridized carbons (Fsp3) is 0.257. The molecule has 3 N–H and O–H groups in total. The lowest BCUT2D eigenvalue weighted by Gasteiger charge is -2.32. The number of hydrazine groups is 1. The van der Waals surface area contributed by atoms with Gasteiger partial charge in [0.2, 0.25) is 5.90 Å². The van der Waals surface area contributed by atoms with E-state index in [0.717, 1.165) is 12.1 Å². The van der Waals surface area contributed by atoms with Crippen LogP contribution in [0.3, 0.4) is 0 Å². The molecule has 5 rings (SSSR count). The number of alkyl halides is 3. The summed E-state index contributed by atoms with van der Waals surface area (Å²) in [7, 11) is 0. The highest BCUT2D eigenvalue weighted by molar-refractivity contribution is 6.01. The summed E-state index contributed by atoms with van der Waals surface area (Å²) in [6.45, 7) is 0.103. The van der Waals surface area contributed by atoms with Crippen LogP contribution in [-0.4, -0.2) is 35.7 Å². The summed E-state index contributed by atoms with van der Waals surface area (Å²) in [6, 6.07) is 25.0. The number of carbonyl (C=O) groups is 1. The van der Waals surface area contributed by atoms with Gasteiger partial charge in [-0.05, 0) is 58.1 Å². The quantitative estimate of drug-likeness (QED) is 0.0379. The zero-order valence-corrected chi connectivity index (χ0v) is 27.0. The van der Waals surface area contributed by atoms with E-state index in [2.05, 4.69) is 30.9 Å². The summed E-state index contributed by atoms with van der Waals surface area (Å²) in [4.78, 5) is 25.3. The Morgan fingerprint density at radius 2 is 1.73 bits per heavy atom. The number of carbonyl (C=O) groups excluding carboxylic acids is 1. The first-order valence-electron chi connectivity index (χ1n) is 15.7. The molecule has 2 atom stereocenters. The monoisotopic (exact) mass is 699 g/mol. The van der Waals surface area contributed by atoms with Crippen molar-refractivity contribution in [3.8, 4) is 5.75 Å². The number of hydrogen-bond acceptors (Lipinski definition) is 8. The Bertz CT molecular complexity index is 1980. The molecule has 0 saturated heterocycles. The van der Waals surface area contributed by atoms with Gasteiger partial charge in [-0.3, -0.25) is 10.2 Å². The van der Waals surface area contributed by atoms with Crippen LogP contribution in [0.25, 0.3) is 20.9 Å². The summed E-state index contributed by atoms with van der Waals surface area (Å²) in [5.74, 6) is -0.0863. The average molecular weight is 700 g/mol. The number of aliphatic hydroxyl groups is 1. The van der Waals surface area contributed by atoms with Gasteiger partial charge in [-0.15, -0.1) is 0 Å². The zero-order chi connectivity index (χ0) is 36.3. The fourth-order valence-electron chi connectivity index (χ4n) is 5.58. The molecule has 0 saturated carbocycles. The van der Waals surface area contributed by atoms with Crippen LogP contribution in [0.2, 0.25) is 0 Å². The Hall–Kier alpha value is -6.05. The van der Waals surface area contributed by atoms with Crippen molar-refractivity contribution in [3.05, 3.63) is 151 Å². The summed E-state index contributed by atoms with van der Waals surface area (Å²) >= 11 is 0. The van der Waals surface area contributed by atoms with Gasteiger partial charge in [0.15, 0.2) is 11.6 Å². The van der Waals surface area contributed by atoms with Crippen molar-refractivity contribution in [2.45, 2.75) is 43.8 Å². The Morgan fingerprint density at radius 1 is 0.980 bits per heavy atom. The second kappa shape index (κ2) is 16.6. The molecule has 1 aliphatic rings. The second-order valence-corrected chi connectivity index (χ2v) is 11.4. The van der Waals surface area contributed by atoms with E-state index in [4.69, 9.17) is 25.1 Å². The molecule has 0 radical (unpaired) electrons. The minimum absolute atomic E-state index is 0.0205. The number of aliphatic hydroxyl groups excluding tert-OH is 1. The first kappa shape index (κ1) is 36.2. The van der Waals surface area contributed by atoms with E-state index in [1.165, 1.54) is 12.1 Å². The minimum atomic E-state index is -4.55. The van der Waals surface area contributed by atoms with Crippen LogP contribution in [-0.2, 0) is 35.2 Å². The van der Waals surface area contributed by atoms with Crippen molar-refractivity contribution in [1.29, 1.82) is 0 Å². The summed E-state index contributed by atoms with van der Waals surface area (Å²) in [5.41, 5.74) is 23.6. The van der Waals surface area contributed by atoms with Gasteiger partial charge in [0.1, 0.15) is 5.75 Å². The van der Waals surface area contributed by atoms with Crippen molar-refractivity contribution in [2.75, 3.05) is 13.2 Å². The molecule has 1 amide bonds. The van der Waals surface area contributed by atoms with E-state index < -0.39 is 29.3 Å². The average Bonchev–Trinajstić information content (AvgIpc) is 3.52. The van der Waals surface area contributed by atoms with E-state index in [9.17, 15) is 23.5 Å². The van der Waals surface area contributed by atoms with Crippen LogP contribution in [0, 0.1) is 0 Å². The molecule has 0 aliphatic carbocycles. The minimum Gasteiger partial charge on any atom is -0.494 e. The van der Waals surface area contributed by atoms with E-state index in [1.807, 2.05) is 0 Å². The van der Waals surface area contributed by atoms with Crippen LogP contribution in [0.5, 0.6) is 5.75 Å². The Morgan fingerprint density at radius 3 is 2.45 bits per heavy atom. The van der Waals surface area contributed by atoms with Crippen molar-refractivity contribution < 1.29 is 32.5 Å². The summed E-state index contributed by atoms with van der Waals surface area (Å²) in [5, 5.41) is 16.6. The van der Waals surface area contributed by atoms with E-state index in [0.29, 0.717) is 41.0 Å². The van der Waals surface area contributed by atoms with Gasteiger partial charge < -0.3 is 14.6 Å². The standard InChI is InChI=1S/C35H32F3N9O4/c36-35(37,38)27-10-5-7-23(19-27)21-41-45-33(49)34(20-25-8-1-2-9-26(25)22-42-46-39)31(29-11-3-4-12-30(29)44-47-40)51-32(43-34)24-13-15-28(16-14-24)50-18-6-17-48/h1-5,7-16,19,31,41,48H,6,17-18,20-22H2,(H,45,49)/t31-,34-/m0/s1. The number of nitrogens with zero attached hydrogens (tertiary/aromatic N) is 7. The van der Waals surface area contributed by atoms with Crippen LogP contribution < -0.4 is 15.6 Å². The highest BCUT2D eigenvalue weighted by atomic mass is 19.4. The number of aliphatic imine (C=N–C) groups is 1. The lowest BCUT2D eigenvalue weighted by molar-refractivity contribution is -0.137. The van der Waals surface area contributed by atoms with Gasteiger partial charge in [0.05, 0.1) is 18.7 Å². The maximum Gasteiger partial charge on any atom is 0.416 e. The van der Waals surface area contributed by atoms with Crippen LogP contribution in [0.1, 0.15) is 45.9 Å². The second-order valence-electron chi connectivity index (χ2n) is 11.4. The van der Waals surface area contributed by atoms with Crippen molar-refractivity contribution in [2.24, 2.45) is 15.2 Å². The number of hydrogen-bond donors (Lipinski definition) is 3. The summed E-state index contributed by atoms with van der Waals surface area (Å²) in [6.07, 6.45) is -5.38. The molecule has 4 aromatic rings. The summed E-state index contributed by atoms with van der Waals surface area (Å²) < 4.78 is 52.2. The van der Waals surface area contributed by atoms with Crippen LogP contribution >= 0.6 is 0 Å². The molecule has 262 valence electrons. The van der Waals surface area contributed by atoms with E-state index in [-0.39, 0.29) is 43.3 Å². The van der Waals surface area contributed by atoms with Gasteiger partial charge in [0.25, 0.3) is 5.91 Å². The molecule has 0 spiro atoms. The Kier molecular flexibility index (Phi) is 11.8. The molecule has 16 heteroatoms. The van der Waals surface area contributed by atoms with Gasteiger partial charge in [-0.1, -0.05) is 77.0 Å². The predicted octanol–water partition coefficient (Wildman–Crippen LogP) is 7.54. The molecule has 1 aliphatic heterocycles. The van der Waals surface area contributed by atoms with Gasteiger partial charge in [0, 0.05) is 52.6 Å². The normalized spacial score (nSPS) is 16.6. The Labute approximate surface area is 290 Å². The van der Waals surface area contributed by atoms with Crippen LogP contribution in [0.15, 0.2) is 112 Å².